The molecule has 3 aliphatic heterocycles. The molecular weight excluding hydrogens is 702 g/mol. The van der Waals surface area contributed by atoms with Crippen LogP contribution in [0.2, 0.25) is 10.2 Å². The lowest BCUT2D eigenvalue weighted by molar-refractivity contribution is 0.107. The number of ether oxygens (including phenoxy) is 1. The summed E-state index contributed by atoms with van der Waals surface area (Å²) < 4.78 is 53.6. The fourth-order valence-electron chi connectivity index (χ4n) is 7.41. The molecule has 0 aliphatic carbocycles. The smallest absolute Gasteiger partial charge is 0.329 e. The Hall–Kier alpha value is -3.92. The number of halogens is 5. The zero-order valence-electron chi connectivity index (χ0n) is 25.9. The van der Waals surface area contributed by atoms with E-state index in [9.17, 15) is 13.6 Å². The van der Waals surface area contributed by atoms with Gasteiger partial charge in [0.15, 0.2) is 10.9 Å². The summed E-state index contributed by atoms with van der Waals surface area (Å²) in [5, 5.41) is 4.14. The summed E-state index contributed by atoms with van der Waals surface area (Å²) >= 11 is 13.6. The minimum Gasteiger partial charge on any atom is -0.461 e. The first-order valence-electron chi connectivity index (χ1n) is 15.9. The second kappa shape index (κ2) is 12.4. The number of hydrogen-bond donors (Lipinski definition) is 2. The molecule has 11 nitrogen and oxygen atoms in total. The van der Waals surface area contributed by atoms with E-state index in [0.717, 1.165) is 30.7 Å². The van der Waals surface area contributed by atoms with Crippen molar-refractivity contribution in [2.45, 2.75) is 49.9 Å². The summed E-state index contributed by atoms with van der Waals surface area (Å²) in [7, 11) is 0. The number of aromatic nitrogens is 5. The fraction of sp³-hybridized carbons (Fsp3) is 0.406. The van der Waals surface area contributed by atoms with E-state index < -0.39 is 23.3 Å². The van der Waals surface area contributed by atoms with Crippen molar-refractivity contribution in [3.8, 4) is 17.1 Å². The Morgan fingerprint density at radius 1 is 1.14 bits per heavy atom. The van der Waals surface area contributed by atoms with Crippen LogP contribution in [0.25, 0.3) is 32.2 Å². The third-order valence-corrected chi connectivity index (χ3v) is 11.1. The molecule has 17 heteroatoms. The van der Waals surface area contributed by atoms with Gasteiger partial charge in [0.05, 0.1) is 27.0 Å². The Morgan fingerprint density at radius 2 is 1.96 bits per heavy atom. The van der Waals surface area contributed by atoms with Crippen molar-refractivity contribution >= 4 is 72.6 Å². The van der Waals surface area contributed by atoms with Crippen LogP contribution in [0, 0.1) is 11.6 Å². The second-order valence-corrected chi connectivity index (χ2v) is 14.6. The summed E-state index contributed by atoms with van der Waals surface area (Å²) in [5.41, 5.74) is 5.80. The third kappa shape index (κ3) is 5.79. The fourth-order valence-corrected chi connectivity index (χ4v) is 8.62. The molecule has 0 radical (unpaired) electrons. The van der Waals surface area contributed by atoms with Crippen LogP contribution in [0.15, 0.2) is 30.7 Å². The zero-order valence-corrected chi connectivity index (χ0v) is 28.3. The molecule has 2 atom stereocenters. The van der Waals surface area contributed by atoms with Gasteiger partial charge in [-0.05, 0) is 50.4 Å². The van der Waals surface area contributed by atoms with Gasteiger partial charge in [-0.2, -0.15) is 9.97 Å². The number of nitrogens with one attached hydrogen (secondary N) is 1. The number of nitrogen functional groups attached to an aromatic ring is 1. The largest absolute Gasteiger partial charge is 0.461 e. The van der Waals surface area contributed by atoms with Gasteiger partial charge in [-0.1, -0.05) is 34.5 Å². The molecule has 3 N–H and O–H groups in total. The predicted molar refractivity (Wildman–Crippen MR) is 182 cm³/mol. The number of alkyl halides is 1. The van der Waals surface area contributed by atoms with Gasteiger partial charge in [0.2, 0.25) is 0 Å². The molecule has 2 aromatic carbocycles. The van der Waals surface area contributed by atoms with Crippen molar-refractivity contribution < 1.29 is 22.7 Å². The van der Waals surface area contributed by atoms with Crippen molar-refractivity contribution in [3.05, 3.63) is 52.5 Å². The third-order valence-electron chi connectivity index (χ3n) is 9.75. The number of nitrogens with two attached hydrogens (primary N) is 1. The number of imidazole rings is 1. The molecule has 6 heterocycles. The van der Waals surface area contributed by atoms with Gasteiger partial charge < -0.3 is 20.7 Å². The maximum Gasteiger partial charge on any atom is 0.329 e. The van der Waals surface area contributed by atoms with Crippen LogP contribution in [0.3, 0.4) is 0 Å². The van der Waals surface area contributed by atoms with E-state index in [2.05, 4.69) is 30.2 Å². The van der Waals surface area contributed by atoms with E-state index in [4.69, 9.17) is 33.7 Å². The van der Waals surface area contributed by atoms with Crippen molar-refractivity contribution in [2.24, 2.45) is 0 Å². The summed E-state index contributed by atoms with van der Waals surface area (Å²) in [6, 6.07) is 3.76. The van der Waals surface area contributed by atoms with Crippen LogP contribution in [0.4, 0.5) is 28.9 Å². The quantitative estimate of drug-likeness (QED) is 0.195. The Balaban J connectivity index is 1.15. The normalized spacial score (nSPS) is 21.6. The van der Waals surface area contributed by atoms with Gasteiger partial charge in [0.1, 0.15) is 41.4 Å². The monoisotopic (exact) mass is 731 g/mol. The van der Waals surface area contributed by atoms with Gasteiger partial charge in [0.25, 0.3) is 0 Å². The van der Waals surface area contributed by atoms with Gasteiger partial charge in [-0.15, -0.1) is 0 Å². The molecule has 3 aromatic heterocycles. The lowest BCUT2D eigenvalue weighted by atomic mass is 9.95. The number of anilines is 2. The Labute approximate surface area is 292 Å². The first-order valence-corrected chi connectivity index (χ1v) is 17.5. The van der Waals surface area contributed by atoms with Gasteiger partial charge in [-0.25, -0.2) is 27.9 Å². The number of fused-ring (bicyclic) bond motifs is 3. The van der Waals surface area contributed by atoms with Crippen molar-refractivity contribution in [1.82, 2.24) is 34.3 Å². The summed E-state index contributed by atoms with van der Waals surface area (Å²) in [6.45, 7) is 2.17. The van der Waals surface area contributed by atoms with Gasteiger partial charge in [-0.3, -0.25) is 9.47 Å². The first-order chi connectivity index (χ1) is 23.6. The lowest BCUT2D eigenvalue weighted by Gasteiger charge is -2.33. The van der Waals surface area contributed by atoms with Crippen molar-refractivity contribution in [2.75, 3.05) is 43.8 Å². The molecule has 3 aliphatic rings. The molecule has 3 fully saturated rings. The topological polar surface area (TPSA) is 127 Å². The highest BCUT2D eigenvalue weighted by molar-refractivity contribution is 7.22. The molecule has 0 saturated carbocycles. The Morgan fingerprint density at radius 3 is 2.73 bits per heavy atom. The SMILES string of the molecule is Nc1nc2c(-c3c(Cl)cc4c(NC5CCN(C(=O)n6cnc(Cl)c6)CC5)nc(OC[C@@]56CCCN5C[C@H](F)C6)nc4c3F)ccc(F)c2s1. The number of carbonyl (C=O) groups is 1. The molecule has 0 unspecified atom stereocenters. The molecule has 1 amide bonds. The molecule has 5 aromatic rings. The van der Waals surface area contributed by atoms with Crippen molar-refractivity contribution in [3.63, 3.8) is 0 Å². The molecule has 3 saturated heterocycles. The zero-order chi connectivity index (χ0) is 34.0. The number of carbonyl (C=O) groups excluding carboxylic acids is 1. The van der Waals surface area contributed by atoms with Crippen LogP contribution in [0.1, 0.15) is 32.1 Å². The van der Waals surface area contributed by atoms with E-state index in [1.54, 1.807) is 11.0 Å². The molecule has 49 heavy (non-hydrogen) atoms. The predicted octanol–water partition coefficient (Wildman–Crippen LogP) is 6.77. The number of benzene rings is 2. The van der Waals surface area contributed by atoms with E-state index >= 15 is 4.39 Å². The average molecular weight is 733 g/mol. The second-order valence-electron chi connectivity index (χ2n) is 12.8. The number of amides is 1. The summed E-state index contributed by atoms with van der Waals surface area (Å²) in [6.07, 6.45) is 5.08. The lowest BCUT2D eigenvalue weighted by Crippen LogP contribution is -2.44. The maximum atomic E-state index is 16.8. The molecule has 8 rings (SSSR count). The molecular formula is C32H30Cl2F3N9O2S. The number of hydrogen-bond acceptors (Lipinski definition) is 10. The van der Waals surface area contributed by atoms with Crippen molar-refractivity contribution in [1.29, 1.82) is 0 Å². The minimum atomic E-state index is -0.948. The number of likely N-dealkylation sites (tertiary alicyclic amines) is 1. The molecule has 0 spiro atoms. The number of thiazole rings is 1. The van der Waals surface area contributed by atoms with E-state index in [0.29, 0.717) is 50.1 Å². The number of piperidine rings is 1. The average Bonchev–Trinajstić information content (AvgIpc) is 3.85. The van der Waals surface area contributed by atoms with Crippen LogP contribution in [-0.4, -0.2) is 90.9 Å². The van der Waals surface area contributed by atoms with Crippen LogP contribution >= 0.6 is 34.5 Å². The van der Waals surface area contributed by atoms with Crippen LogP contribution in [0.5, 0.6) is 6.01 Å². The van der Waals surface area contributed by atoms with E-state index in [1.165, 1.54) is 29.2 Å². The van der Waals surface area contributed by atoms with Gasteiger partial charge in [0, 0.05) is 48.6 Å². The highest BCUT2D eigenvalue weighted by Crippen LogP contribution is 2.43. The van der Waals surface area contributed by atoms with Gasteiger partial charge >= 0.3 is 12.0 Å². The van der Waals surface area contributed by atoms with E-state index in [1.807, 2.05) is 0 Å². The van der Waals surface area contributed by atoms with Crippen LogP contribution < -0.4 is 15.8 Å². The number of nitrogens with zero attached hydrogens (tertiary/aromatic N) is 7. The summed E-state index contributed by atoms with van der Waals surface area (Å²) in [5.74, 6) is -0.989. The highest BCUT2D eigenvalue weighted by Gasteiger charge is 2.49. The Kier molecular flexibility index (Phi) is 8.20. The molecule has 256 valence electrons. The Bertz CT molecular complexity index is 2110. The van der Waals surface area contributed by atoms with Crippen LogP contribution in [-0.2, 0) is 0 Å². The van der Waals surface area contributed by atoms with E-state index in [-0.39, 0.29) is 66.9 Å². The minimum absolute atomic E-state index is 0.0110. The summed E-state index contributed by atoms with van der Waals surface area (Å²) in [4.78, 5) is 34.1. The standard InChI is InChI=1S/C32H30Cl2F3N9O2S/c33-20-10-19-25(24(37)23(20)18-2-3-21(36)27-26(18)41-29(38)49-27)42-30(48-14-32-6-1-7-46(32)12-16(35)11-32)43-28(19)40-17-4-8-44(9-5-17)31(47)45-13-22(34)39-15-45/h2-3,10,13,15-17H,1,4-9,11-12,14H2,(H2,38,41)(H,40,42,43)/t16-,32+/m1/s1. The number of rotatable bonds is 6. The highest BCUT2D eigenvalue weighted by atomic mass is 35.5. The molecule has 0 bridgehead atoms. The maximum absolute atomic E-state index is 16.8. The first kappa shape index (κ1) is 32.3.